The lowest BCUT2D eigenvalue weighted by Crippen LogP contribution is -2.49. The van der Waals surface area contributed by atoms with E-state index in [4.69, 9.17) is 0 Å². The number of hydrogen-bond donors (Lipinski definition) is 0. The van der Waals surface area contributed by atoms with Crippen molar-refractivity contribution in [1.82, 2.24) is 9.80 Å². The second-order valence-electron chi connectivity index (χ2n) is 6.11. The highest BCUT2D eigenvalue weighted by Gasteiger charge is 2.55. The standard InChI is InChI=1S/C17H20N2O3/c1-18-16(22)19(12-14(20)13-8-4-2-5-9-13)15(21)17(18)10-6-3-7-11-17/h2,4-5,8-9H,3,6-7,10-12H2,1H3. The third-order valence-corrected chi connectivity index (χ3v) is 4.88. The number of rotatable bonds is 3. The van der Waals surface area contributed by atoms with E-state index in [9.17, 15) is 14.4 Å². The summed E-state index contributed by atoms with van der Waals surface area (Å²) in [5, 5.41) is 0. The van der Waals surface area contributed by atoms with Crippen LogP contribution >= 0.6 is 0 Å². The molecular formula is C17H20N2O3. The van der Waals surface area contributed by atoms with Gasteiger partial charge in [-0.1, -0.05) is 49.6 Å². The SMILES string of the molecule is CN1C(=O)N(CC(=O)c2ccccc2)C(=O)C12CCCCC2. The monoisotopic (exact) mass is 300 g/mol. The lowest BCUT2D eigenvalue weighted by molar-refractivity contribution is -0.134. The molecular weight excluding hydrogens is 280 g/mol. The summed E-state index contributed by atoms with van der Waals surface area (Å²) in [4.78, 5) is 40.2. The van der Waals surface area contributed by atoms with Crippen molar-refractivity contribution in [3.05, 3.63) is 35.9 Å². The third-order valence-electron chi connectivity index (χ3n) is 4.88. The first-order valence-electron chi connectivity index (χ1n) is 7.74. The summed E-state index contributed by atoms with van der Waals surface area (Å²) >= 11 is 0. The molecule has 1 saturated heterocycles. The zero-order chi connectivity index (χ0) is 15.7. The number of Topliss-reactive ketones (excluding diaryl/α,β-unsaturated/α-hetero) is 1. The average molecular weight is 300 g/mol. The maximum Gasteiger partial charge on any atom is 0.327 e. The van der Waals surface area contributed by atoms with E-state index < -0.39 is 5.54 Å². The van der Waals surface area contributed by atoms with Crippen LogP contribution in [0.15, 0.2) is 30.3 Å². The van der Waals surface area contributed by atoms with Crippen molar-refractivity contribution in [1.29, 1.82) is 0 Å². The smallest absolute Gasteiger partial charge is 0.313 e. The average Bonchev–Trinajstić information content (AvgIpc) is 2.73. The van der Waals surface area contributed by atoms with Crippen LogP contribution in [0, 0.1) is 0 Å². The minimum Gasteiger partial charge on any atom is -0.313 e. The first-order valence-corrected chi connectivity index (χ1v) is 7.74. The summed E-state index contributed by atoms with van der Waals surface area (Å²) in [5.74, 6) is -0.410. The van der Waals surface area contributed by atoms with Crippen molar-refractivity contribution in [2.24, 2.45) is 0 Å². The predicted octanol–water partition coefficient (Wildman–Crippen LogP) is 2.47. The molecule has 1 aromatic rings. The van der Waals surface area contributed by atoms with Crippen LogP contribution in [-0.4, -0.2) is 46.7 Å². The van der Waals surface area contributed by atoms with Gasteiger partial charge in [-0.3, -0.25) is 14.5 Å². The Hall–Kier alpha value is -2.17. The van der Waals surface area contributed by atoms with E-state index in [2.05, 4.69) is 0 Å². The summed E-state index contributed by atoms with van der Waals surface area (Å²) in [6.45, 7) is -0.173. The lowest BCUT2D eigenvalue weighted by atomic mass is 9.81. The molecule has 0 unspecified atom stereocenters. The van der Waals surface area contributed by atoms with Crippen molar-refractivity contribution < 1.29 is 14.4 Å². The predicted molar refractivity (Wildman–Crippen MR) is 81.5 cm³/mol. The highest BCUT2D eigenvalue weighted by molar-refractivity contribution is 6.11. The Morgan fingerprint density at radius 2 is 1.73 bits per heavy atom. The number of ketones is 1. The third kappa shape index (κ3) is 2.21. The molecule has 1 spiro atoms. The Kier molecular flexibility index (Phi) is 3.72. The van der Waals surface area contributed by atoms with Crippen LogP contribution < -0.4 is 0 Å². The summed E-state index contributed by atoms with van der Waals surface area (Å²) in [6, 6.07) is 8.43. The molecule has 0 radical (unpaired) electrons. The first-order chi connectivity index (χ1) is 10.6. The molecule has 1 aliphatic carbocycles. The number of carbonyl (C=O) groups excluding carboxylic acids is 3. The maximum absolute atomic E-state index is 12.8. The molecule has 116 valence electrons. The summed E-state index contributed by atoms with van der Waals surface area (Å²) in [6.07, 6.45) is 4.39. The van der Waals surface area contributed by atoms with E-state index in [1.54, 1.807) is 36.2 Å². The highest BCUT2D eigenvalue weighted by Crippen LogP contribution is 2.39. The molecule has 1 aromatic carbocycles. The molecule has 0 aromatic heterocycles. The minimum absolute atomic E-state index is 0.173. The number of nitrogens with zero attached hydrogens (tertiary/aromatic N) is 2. The molecule has 3 rings (SSSR count). The number of carbonyl (C=O) groups is 3. The second kappa shape index (κ2) is 5.55. The second-order valence-corrected chi connectivity index (χ2v) is 6.11. The van der Waals surface area contributed by atoms with Crippen LogP contribution in [0.5, 0.6) is 0 Å². The quantitative estimate of drug-likeness (QED) is 0.636. The molecule has 5 nitrogen and oxygen atoms in total. The van der Waals surface area contributed by atoms with E-state index in [1.807, 2.05) is 6.07 Å². The molecule has 2 fully saturated rings. The number of likely N-dealkylation sites (N-methyl/N-ethyl adjacent to an activating group) is 1. The van der Waals surface area contributed by atoms with E-state index in [0.29, 0.717) is 18.4 Å². The van der Waals surface area contributed by atoms with Gasteiger partial charge in [-0.05, 0) is 12.8 Å². The van der Waals surface area contributed by atoms with Crippen molar-refractivity contribution in [2.75, 3.05) is 13.6 Å². The van der Waals surface area contributed by atoms with Gasteiger partial charge in [-0.2, -0.15) is 0 Å². The fourth-order valence-corrected chi connectivity index (χ4v) is 3.53. The topological polar surface area (TPSA) is 57.7 Å². The number of urea groups is 1. The van der Waals surface area contributed by atoms with Gasteiger partial charge in [0, 0.05) is 12.6 Å². The van der Waals surface area contributed by atoms with Gasteiger partial charge in [0.25, 0.3) is 5.91 Å². The van der Waals surface area contributed by atoms with Gasteiger partial charge >= 0.3 is 6.03 Å². The largest absolute Gasteiger partial charge is 0.327 e. The fourth-order valence-electron chi connectivity index (χ4n) is 3.53. The van der Waals surface area contributed by atoms with Crippen LogP contribution in [0.3, 0.4) is 0 Å². The van der Waals surface area contributed by atoms with Gasteiger partial charge in [-0.25, -0.2) is 4.79 Å². The van der Waals surface area contributed by atoms with Crippen LogP contribution in [0.1, 0.15) is 42.5 Å². The summed E-state index contributed by atoms with van der Waals surface area (Å²) < 4.78 is 0. The number of hydrogen-bond acceptors (Lipinski definition) is 3. The van der Waals surface area contributed by atoms with Crippen molar-refractivity contribution in [2.45, 2.75) is 37.6 Å². The number of amides is 3. The van der Waals surface area contributed by atoms with E-state index in [0.717, 1.165) is 24.2 Å². The molecule has 0 atom stereocenters. The molecule has 1 saturated carbocycles. The number of benzene rings is 1. The molecule has 3 amide bonds. The molecule has 22 heavy (non-hydrogen) atoms. The van der Waals surface area contributed by atoms with Crippen molar-refractivity contribution in [3.8, 4) is 0 Å². The van der Waals surface area contributed by atoms with Crippen molar-refractivity contribution in [3.63, 3.8) is 0 Å². The molecule has 1 aliphatic heterocycles. The van der Waals surface area contributed by atoms with Crippen LogP contribution in [0.2, 0.25) is 0 Å². The molecule has 2 aliphatic rings. The zero-order valence-electron chi connectivity index (χ0n) is 12.7. The lowest BCUT2D eigenvalue weighted by Gasteiger charge is -2.35. The van der Waals surface area contributed by atoms with E-state index in [-0.39, 0.29) is 24.3 Å². The Labute approximate surface area is 129 Å². The van der Waals surface area contributed by atoms with E-state index >= 15 is 0 Å². The van der Waals surface area contributed by atoms with Gasteiger partial charge in [0.15, 0.2) is 5.78 Å². The Balaban J connectivity index is 1.81. The minimum atomic E-state index is -0.716. The van der Waals surface area contributed by atoms with Crippen LogP contribution in [0.25, 0.3) is 0 Å². The van der Waals surface area contributed by atoms with Gasteiger partial charge in [0.2, 0.25) is 0 Å². The first kappa shape index (κ1) is 14.8. The van der Waals surface area contributed by atoms with Crippen LogP contribution in [-0.2, 0) is 4.79 Å². The molecule has 1 heterocycles. The zero-order valence-corrected chi connectivity index (χ0v) is 12.7. The Morgan fingerprint density at radius 1 is 1.09 bits per heavy atom. The summed E-state index contributed by atoms with van der Waals surface area (Å²) in [7, 11) is 1.68. The molecule has 0 bridgehead atoms. The summed E-state index contributed by atoms with van der Waals surface area (Å²) in [5.41, 5.74) is -0.193. The molecule has 5 heteroatoms. The fraction of sp³-hybridized carbons (Fsp3) is 0.471. The van der Waals surface area contributed by atoms with Crippen molar-refractivity contribution >= 4 is 17.7 Å². The Morgan fingerprint density at radius 3 is 2.36 bits per heavy atom. The van der Waals surface area contributed by atoms with Gasteiger partial charge in [-0.15, -0.1) is 0 Å². The number of imide groups is 1. The van der Waals surface area contributed by atoms with Gasteiger partial charge in [0.1, 0.15) is 5.54 Å². The van der Waals surface area contributed by atoms with E-state index in [1.165, 1.54) is 0 Å². The van der Waals surface area contributed by atoms with Gasteiger partial charge < -0.3 is 4.90 Å². The Bertz CT molecular complexity index is 606. The normalized spacial score (nSPS) is 20.8. The highest BCUT2D eigenvalue weighted by atomic mass is 16.2. The van der Waals surface area contributed by atoms with Gasteiger partial charge in [0.05, 0.1) is 6.54 Å². The van der Waals surface area contributed by atoms with Crippen LogP contribution in [0.4, 0.5) is 4.79 Å². The molecule has 0 N–H and O–H groups in total. The maximum atomic E-state index is 12.8.